The van der Waals surface area contributed by atoms with Gasteiger partial charge >= 0.3 is 5.97 Å². The van der Waals surface area contributed by atoms with Crippen LogP contribution in [0.2, 0.25) is 0 Å². The Bertz CT molecular complexity index is 488. The Balaban J connectivity index is 2.56. The standard InChI is InChI=1S/C10H10N2O2/c1-6-8-3-4-11-10(8)12-5-9(6)14-7(2)13/h3-5H,1-2H3,(H,11,12). The fourth-order valence-corrected chi connectivity index (χ4v) is 1.38. The summed E-state index contributed by atoms with van der Waals surface area (Å²) in [6, 6.07) is 1.91. The topological polar surface area (TPSA) is 55.0 Å². The van der Waals surface area contributed by atoms with Crippen LogP contribution in [0.4, 0.5) is 0 Å². The highest BCUT2D eigenvalue weighted by Gasteiger charge is 2.07. The molecule has 0 aliphatic carbocycles. The Morgan fingerprint density at radius 2 is 2.36 bits per heavy atom. The van der Waals surface area contributed by atoms with Crippen molar-refractivity contribution in [1.29, 1.82) is 0 Å². The highest BCUT2D eigenvalue weighted by Crippen LogP contribution is 2.24. The molecule has 2 rings (SSSR count). The SMILES string of the molecule is CC(=O)Oc1cnc2[nH]ccc2c1C. The third kappa shape index (κ3) is 1.35. The van der Waals surface area contributed by atoms with Gasteiger partial charge in [-0.15, -0.1) is 0 Å². The zero-order chi connectivity index (χ0) is 10.1. The molecule has 72 valence electrons. The van der Waals surface area contributed by atoms with Gasteiger partial charge in [-0.1, -0.05) is 0 Å². The summed E-state index contributed by atoms with van der Waals surface area (Å²) in [6.07, 6.45) is 3.36. The molecule has 0 amide bonds. The van der Waals surface area contributed by atoms with E-state index < -0.39 is 0 Å². The zero-order valence-electron chi connectivity index (χ0n) is 8.00. The predicted octanol–water partition coefficient (Wildman–Crippen LogP) is 1.80. The first-order valence-electron chi connectivity index (χ1n) is 4.29. The van der Waals surface area contributed by atoms with Crippen LogP contribution in [0.25, 0.3) is 11.0 Å². The first kappa shape index (κ1) is 8.74. The molecule has 0 fully saturated rings. The number of aromatic nitrogens is 2. The lowest BCUT2D eigenvalue weighted by Crippen LogP contribution is -2.03. The summed E-state index contributed by atoms with van der Waals surface area (Å²) in [5, 5.41) is 0.976. The fraction of sp³-hybridized carbons (Fsp3) is 0.200. The Kier molecular flexibility index (Phi) is 1.96. The number of nitrogens with one attached hydrogen (secondary N) is 1. The quantitative estimate of drug-likeness (QED) is 0.697. The second-order valence-corrected chi connectivity index (χ2v) is 3.08. The fourth-order valence-electron chi connectivity index (χ4n) is 1.38. The molecule has 14 heavy (non-hydrogen) atoms. The zero-order valence-corrected chi connectivity index (χ0v) is 8.00. The Hall–Kier alpha value is -1.84. The minimum atomic E-state index is -0.329. The monoisotopic (exact) mass is 190 g/mol. The minimum absolute atomic E-state index is 0.329. The third-order valence-corrected chi connectivity index (χ3v) is 2.06. The van der Waals surface area contributed by atoms with Crippen molar-refractivity contribution in [2.45, 2.75) is 13.8 Å². The van der Waals surface area contributed by atoms with E-state index in [-0.39, 0.29) is 5.97 Å². The molecule has 2 aromatic rings. The molecule has 0 saturated heterocycles. The maximum Gasteiger partial charge on any atom is 0.308 e. The van der Waals surface area contributed by atoms with Crippen molar-refractivity contribution in [2.75, 3.05) is 0 Å². The molecule has 0 unspecified atom stereocenters. The normalized spacial score (nSPS) is 10.4. The van der Waals surface area contributed by atoms with Crippen molar-refractivity contribution in [3.05, 3.63) is 24.0 Å². The van der Waals surface area contributed by atoms with Gasteiger partial charge in [-0.25, -0.2) is 4.98 Å². The van der Waals surface area contributed by atoms with Crippen LogP contribution < -0.4 is 4.74 Å². The number of hydrogen-bond acceptors (Lipinski definition) is 3. The van der Waals surface area contributed by atoms with Crippen LogP contribution >= 0.6 is 0 Å². The van der Waals surface area contributed by atoms with Crippen LogP contribution in [0.1, 0.15) is 12.5 Å². The van der Waals surface area contributed by atoms with Crippen LogP contribution in [0.15, 0.2) is 18.5 Å². The molecule has 2 heterocycles. The number of rotatable bonds is 1. The Labute approximate surface area is 80.9 Å². The van der Waals surface area contributed by atoms with Gasteiger partial charge in [-0.05, 0) is 13.0 Å². The van der Waals surface area contributed by atoms with E-state index in [4.69, 9.17) is 4.74 Å². The summed E-state index contributed by atoms with van der Waals surface area (Å²) in [5.74, 6) is 0.189. The second-order valence-electron chi connectivity index (χ2n) is 3.08. The highest BCUT2D eigenvalue weighted by atomic mass is 16.5. The van der Waals surface area contributed by atoms with E-state index in [0.717, 1.165) is 16.6 Å². The molecule has 4 heteroatoms. The van der Waals surface area contributed by atoms with Gasteiger partial charge in [-0.2, -0.15) is 0 Å². The van der Waals surface area contributed by atoms with Gasteiger partial charge in [0.15, 0.2) is 5.75 Å². The molecule has 1 N–H and O–H groups in total. The smallest absolute Gasteiger partial charge is 0.308 e. The average Bonchev–Trinajstić information content (AvgIpc) is 2.57. The molecule has 0 radical (unpaired) electrons. The van der Waals surface area contributed by atoms with Gasteiger partial charge in [0.1, 0.15) is 5.65 Å². The molecule has 0 aromatic carbocycles. The van der Waals surface area contributed by atoms with Crippen molar-refractivity contribution in [2.24, 2.45) is 0 Å². The van der Waals surface area contributed by atoms with E-state index in [1.165, 1.54) is 6.92 Å². The summed E-state index contributed by atoms with van der Waals surface area (Å²) >= 11 is 0. The number of esters is 1. The van der Waals surface area contributed by atoms with Crippen molar-refractivity contribution in [3.63, 3.8) is 0 Å². The first-order chi connectivity index (χ1) is 6.68. The number of aryl methyl sites for hydroxylation is 1. The van der Waals surface area contributed by atoms with Crippen molar-refractivity contribution in [3.8, 4) is 5.75 Å². The number of ether oxygens (including phenoxy) is 1. The van der Waals surface area contributed by atoms with E-state index in [9.17, 15) is 4.79 Å². The lowest BCUT2D eigenvalue weighted by molar-refractivity contribution is -0.131. The summed E-state index contributed by atoms with van der Waals surface area (Å²) < 4.78 is 5.01. The van der Waals surface area contributed by atoms with Gasteiger partial charge in [0, 0.05) is 24.1 Å². The summed E-state index contributed by atoms with van der Waals surface area (Å²) in [5.41, 5.74) is 1.73. The number of hydrogen-bond donors (Lipinski definition) is 1. The molecule has 4 nitrogen and oxygen atoms in total. The minimum Gasteiger partial charge on any atom is -0.425 e. The number of pyridine rings is 1. The van der Waals surface area contributed by atoms with E-state index in [0.29, 0.717) is 5.75 Å². The van der Waals surface area contributed by atoms with Crippen LogP contribution in [0.3, 0.4) is 0 Å². The third-order valence-electron chi connectivity index (χ3n) is 2.06. The largest absolute Gasteiger partial charge is 0.425 e. The molecule has 0 saturated carbocycles. The summed E-state index contributed by atoms with van der Waals surface area (Å²) in [7, 11) is 0. The lowest BCUT2D eigenvalue weighted by atomic mass is 10.2. The Morgan fingerprint density at radius 3 is 3.07 bits per heavy atom. The van der Waals surface area contributed by atoms with Crippen LogP contribution in [0, 0.1) is 6.92 Å². The second kappa shape index (κ2) is 3.14. The average molecular weight is 190 g/mol. The number of nitrogens with zero attached hydrogens (tertiary/aromatic N) is 1. The number of H-pyrrole nitrogens is 1. The maximum absolute atomic E-state index is 10.8. The molecule has 2 aromatic heterocycles. The first-order valence-corrected chi connectivity index (χ1v) is 4.29. The lowest BCUT2D eigenvalue weighted by Gasteiger charge is -2.04. The molecule has 0 bridgehead atoms. The van der Waals surface area contributed by atoms with E-state index in [1.807, 2.05) is 19.2 Å². The molecular weight excluding hydrogens is 180 g/mol. The van der Waals surface area contributed by atoms with Gasteiger partial charge in [0.25, 0.3) is 0 Å². The van der Waals surface area contributed by atoms with Crippen LogP contribution in [0.5, 0.6) is 5.75 Å². The Morgan fingerprint density at radius 1 is 1.57 bits per heavy atom. The van der Waals surface area contributed by atoms with E-state index >= 15 is 0 Å². The van der Waals surface area contributed by atoms with E-state index in [2.05, 4.69) is 9.97 Å². The summed E-state index contributed by atoms with van der Waals surface area (Å²) in [6.45, 7) is 3.27. The van der Waals surface area contributed by atoms with Gasteiger partial charge < -0.3 is 9.72 Å². The van der Waals surface area contributed by atoms with Crippen LogP contribution in [-0.2, 0) is 4.79 Å². The maximum atomic E-state index is 10.8. The molecular formula is C10H10N2O2. The van der Waals surface area contributed by atoms with Crippen molar-refractivity contribution < 1.29 is 9.53 Å². The molecule has 0 spiro atoms. The van der Waals surface area contributed by atoms with Gasteiger partial charge in [-0.3, -0.25) is 4.79 Å². The number of fused-ring (bicyclic) bond motifs is 1. The molecule has 0 aliphatic heterocycles. The van der Waals surface area contributed by atoms with Crippen LogP contribution in [-0.4, -0.2) is 15.9 Å². The van der Waals surface area contributed by atoms with Gasteiger partial charge in [0.05, 0.1) is 6.20 Å². The predicted molar refractivity (Wildman–Crippen MR) is 52.1 cm³/mol. The summed E-state index contributed by atoms with van der Waals surface area (Å²) in [4.78, 5) is 17.9. The van der Waals surface area contributed by atoms with Crippen molar-refractivity contribution >= 4 is 17.0 Å². The molecule has 0 aliphatic rings. The van der Waals surface area contributed by atoms with Gasteiger partial charge in [0.2, 0.25) is 0 Å². The number of carbonyl (C=O) groups excluding carboxylic acids is 1. The highest BCUT2D eigenvalue weighted by molar-refractivity contribution is 5.82. The number of carbonyl (C=O) groups is 1. The van der Waals surface area contributed by atoms with Crippen molar-refractivity contribution in [1.82, 2.24) is 9.97 Å². The molecule has 0 atom stereocenters. The van der Waals surface area contributed by atoms with E-state index in [1.54, 1.807) is 6.20 Å². The number of aromatic amines is 1.